The van der Waals surface area contributed by atoms with Crippen molar-refractivity contribution in [1.29, 1.82) is 0 Å². The van der Waals surface area contributed by atoms with Gasteiger partial charge in [-0.2, -0.15) is 0 Å². The van der Waals surface area contributed by atoms with Gasteiger partial charge in [-0.3, -0.25) is 4.79 Å². The van der Waals surface area contributed by atoms with Crippen LogP contribution in [0.2, 0.25) is 5.02 Å². The van der Waals surface area contributed by atoms with Gasteiger partial charge in [0.25, 0.3) is 0 Å². The average Bonchev–Trinajstić information content (AvgIpc) is 2.84. The van der Waals surface area contributed by atoms with E-state index in [1.54, 1.807) is 11.8 Å². The molecule has 0 radical (unpaired) electrons. The molecule has 0 heterocycles. The number of aliphatic hydroxyl groups is 1. The van der Waals surface area contributed by atoms with E-state index < -0.39 is 5.60 Å². The molecule has 0 spiro atoms. The van der Waals surface area contributed by atoms with Crippen LogP contribution in [0.15, 0.2) is 24.3 Å². The highest BCUT2D eigenvalue weighted by atomic mass is 35.5. The molecule has 1 aromatic rings. The molecule has 1 aliphatic rings. The third kappa shape index (κ3) is 5.00. The van der Waals surface area contributed by atoms with E-state index in [1.807, 2.05) is 24.3 Å². The molecule has 2 N–H and O–H groups in total. The number of carbonyl (C=O) groups excluding carboxylic acids is 1. The molecule has 1 fully saturated rings. The van der Waals surface area contributed by atoms with Crippen molar-refractivity contribution in [2.45, 2.75) is 37.0 Å². The Bertz CT molecular complexity index is 461. The molecule has 0 saturated heterocycles. The van der Waals surface area contributed by atoms with Crippen molar-refractivity contribution in [3.05, 3.63) is 34.9 Å². The van der Waals surface area contributed by atoms with E-state index in [4.69, 9.17) is 11.6 Å². The molecule has 0 bridgehead atoms. The second-order valence-electron chi connectivity index (χ2n) is 5.33. The van der Waals surface area contributed by atoms with E-state index in [1.165, 1.54) is 0 Å². The first-order valence-electron chi connectivity index (χ1n) is 6.89. The van der Waals surface area contributed by atoms with Gasteiger partial charge < -0.3 is 10.4 Å². The maximum atomic E-state index is 11.7. The Kier molecular flexibility index (Phi) is 5.75. The maximum Gasteiger partial charge on any atom is 0.230 e. The molecule has 0 aliphatic heterocycles. The first-order valence-corrected chi connectivity index (χ1v) is 8.42. The first-order chi connectivity index (χ1) is 9.57. The van der Waals surface area contributed by atoms with Crippen LogP contribution < -0.4 is 5.32 Å². The van der Waals surface area contributed by atoms with Crippen LogP contribution in [-0.2, 0) is 10.5 Å². The molecular weight excluding hydrogens is 294 g/mol. The summed E-state index contributed by atoms with van der Waals surface area (Å²) in [5.74, 6) is 1.15. The van der Waals surface area contributed by atoms with Gasteiger partial charge in [-0.25, -0.2) is 0 Å². The Labute approximate surface area is 129 Å². The van der Waals surface area contributed by atoms with Gasteiger partial charge in [0, 0.05) is 17.3 Å². The number of carbonyl (C=O) groups is 1. The number of rotatable bonds is 6. The lowest BCUT2D eigenvalue weighted by atomic mass is 10.0. The van der Waals surface area contributed by atoms with Crippen LogP contribution in [0.1, 0.15) is 31.2 Å². The summed E-state index contributed by atoms with van der Waals surface area (Å²) in [5.41, 5.74) is 0.442. The second-order valence-corrected chi connectivity index (χ2v) is 6.75. The maximum absolute atomic E-state index is 11.7. The lowest BCUT2D eigenvalue weighted by Gasteiger charge is -2.22. The summed E-state index contributed by atoms with van der Waals surface area (Å²) in [6, 6.07) is 7.66. The minimum atomic E-state index is -0.673. The zero-order valence-electron chi connectivity index (χ0n) is 11.4. The third-order valence-electron chi connectivity index (χ3n) is 3.54. The number of halogens is 1. The Hall–Kier alpha value is -0.710. The van der Waals surface area contributed by atoms with Gasteiger partial charge in [-0.15, -0.1) is 11.8 Å². The Morgan fingerprint density at radius 2 is 2.15 bits per heavy atom. The Morgan fingerprint density at radius 1 is 1.40 bits per heavy atom. The minimum absolute atomic E-state index is 0.0163. The zero-order chi connectivity index (χ0) is 14.4. The molecule has 5 heteroatoms. The molecule has 0 atom stereocenters. The normalized spacial score (nSPS) is 17.1. The molecule has 110 valence electrons. The van der Waals surface area contributed by atoms with Crippen molar-refractivity contribution in [2.24, 2.45) is 0 Å². The van der Waals surface area contributed by atoms with Crippen molar-refractivity contribution < 1.29 is 9.90 Å². The van der Waals surface area contributed by atoms with Gasteiger partial charge in [0.2, 0.25) is 5.91 Å². The van der Waals surface area contributed by atoms with Crippen LogP contribution >= 0.6 is 23.4 Å². The molecule has 0 aromatic heterocycles. The van der Waals surface area contributed by atoms with Crippen LogP contribution in [0.5, 0.6) is 0 Å². The largest absolute Gasteiger partial charge is 0.388 e. The van der Waals surface area contributed by atoms with Crippen LogP contribution in [0.25, 0.3) is 0 Å². The molecule has 3 nitrogen and oxygen atoms in total. The molecule has 1 aromatic carbocycles. The summed E-state index contributed by atoms with van der Waals surface area (Å²) in [6.07, 6.45) is 3.69. The van der Waals surface area contributed by atoms with Crippen molar-refractivity contribution >= 4 is 29.3 Å². The molecular formula is C15H20ClNO2S. The lowest BCUT2D eigenvalue weighted by Crippen LogP contribution is -2.41. The predicted octanol–water partition coefficient (Wildman–Crippen LogP) is 2.99. The standard InChI is InChI=1S/C15H20ClNO2S/c16-13-5-3-4-12(8-13)9-20-10-14(18)17-11-15(19)6-1-2-7-15/h3-5,8,19H,1-2,6-7,9-11H2,(H,17,18). The molecule has 2 rings (SSSR count). The number of benzene rings is 1. The number of thioether (sulfide) groups is 1. The van der Waals surface area contributed by atoms with Gasteiger partial charge >= 0.3 is 0 Å². The monoisotopic (exact) mass is 313 g/mol. The van der Waals surface area contributed by atoms with Crippen LogP contribution in [-0.4, -0.2) is 28.9 Å². The van der Waals surface area contributed by atoms with Crippen molar-refractivity contribution in [2.75, 3.05) is 12.3 Å². The number of hydrogen-bond donors (Lipinski definition) is 2. The number of amides is 1. The van der Waals surface area contributed by atoms with E-state index in [-0.39, 0.29) is 5.91 Å². The number of nitrogens with one attached hydrogen (secondary N) is 1. The number of hydrogen-bond acceptors (Lipinski definition) is 3. The SMILES string of the molecule is O=C(CSCc1cccc(Cl)c1)NCC1(O)CCCC1. The fraction of sp³-hybridized carbons (Fsp3) is 0.533. The molecule has 20 heavy (non-hydrogen) atoms. The average molecular weight is 314 g/mol. The van der Waals surface area contributed by atoms with E-state index in [9.17, 15) is 9.90 Å². The van der Waals surface area contributed by atoms with Crippen LogP contribution in [0, 0.1) is 0 Å². The van der Waals surface area contributed by atoms with Gasteiger partial charge in [-0.1, -0.05) is 36.6 Å². The molecule has 1 amide bonds. The van der Waals surface area contributed by atoms with Gasteiger partial charge in [-0.05, 0) is 30.5 Å². The zero-order valence-corrected chi connectivity index (χ0v) is 13.0. The summed E-state index contributed by atoms with van der Waals surface area (Å²) >= 11 is 7.46. The quantitative estimate of drug-likeness (QED) is 0.849. The van der Waals surface area contributed by atoms with Crippen molar-refractivity contribution in [3.63, 3.8) is 0 Å². The van der Waals surface area contributed by atoms with Gasteiger partial charge in [0.1, 0.15) is 0 Å². The highest BCUT2D eigenvalue weighted by Gasteiger charge is 2.31. The Morgan fingerprint density at radius 3 is 2.85 bits per heavy atom. The van der Waals surface area contributed by atoms with Crippen molar-refractivity contribution in [3.8, 4) is 0 Å². The summed E-state index contributed by atoms with van der Waals surface area (Å²) < 4.78 is 0. The summed E-state index contributed by atoms with van der Waals surface area (Å²) in [4.78, 5) is 11.7. The first kappa shape index (κ1) is 15.7. The van der Waals surface area contributed by atoms with Crippen LogP contribution in [0.4, 0.5) is 0 Å². The molecule has 1 saturated carbocycles. The van der Waals surface area contributed by atoms with E-state index in [0.29, 0.717) is 12.3 Å². The lowest BCUT2D eigenvalue weighted by molar-refractivity contribution is -0.119. The van der Waals surface area contributed by atoms with E-state index in [2.05, 4.69) is 5.32 Å². The summed E-state index contributed by atoms with van der Waals surface area (Å²) in [7, 11) is 0. The molecule has 0 unspecified atom stereocenters. The highest BCUT2D eigenvalue weighted by molar-refractivity contribution is 7.99. The fourth-order valence-electron chi connectivity index (χ4n) is 2.41. The van der Waals surface area contributed by atoms with Gasteiger partial charge in [0.15, 0.2) is 0 Å². The van der Waals surface area contributed by atoms with E-state index >= 15 is 0 Å². The predicted molar refractivity (Wildman–Crippen MR) is 84.0 cm³/mol. The molecule has 1 aliphatic carbocycles. The summed E-state index contributed by atoms with van der Waals surface area (Å²) in [5, 5.41) is 13.7. The van der Waals surface area contributed by atoms with Crippen LogP contribution in [0.3, 0.4) is 0 Å². The fourth-order valence-corrected chi connectivity index (χ4v) is 3.43. The van der Waals surface area contributed by atoms with E-state index in [0.717, 1.165) is 42.0 Å². The second kappa shape index (κ2) is 7.34. The Balaban J connectivity index is 1.65. The minimum Gasteiger partial charge on any atom is -0.388 e. The third-order valence-corrected chi connectivity index (χ3v) is 4.78. The van der Waals surface area contributed by atoms with Gasteiger partial charge in [0.05, 0.1) is 11.4 Å². The smallest absolute Gasteiger partial charge is 0.230 e. The van der Waals surface area contributed by atoms with Crippen molar-refractivity contribution in [1.82, 2.24) is 5.32 Å². The topological polar surface area (TPSA) is 49.3 Å². The highest BCUT2D eigenvalue weighted by Crippen LogP contribution is 2.28. The summed E-state index contributed by atoms with van der Waals surface area (Å²) in [6.45, 7) is 0.379.